The Morgan fingerprint density at radius 1 is 0.548 bits per heavy atom. The maximum absolute atomic E-state index is 5.01. The Morgan fingerprint density at radius 3 is 1.86 bits per heavy atom. The first-order valence-electron chi connectivity index (χ1n) is 13.9. The number of rotatable bonds is 6. The number of hydrogen-bond donors (Lipinski definition) is 0. The van der Waals surface area contributed by atoms with Crippen LogP contribution in [0, 0.1) is 6.92 Å². The minimum absolute atomic E-state index is 0.659. The lowest BCUT2D eigenvalue weighted by molar-refractivity contribution is 0.955. The Morgan fingerprint density at radius 2 is 1.14 bits per heavy atom. The number of fused-ring (bicyclic) bond motifs is 1. The molecular formula is C37H27N5. The zero-order chi connectivity index (χ0) is 28.5. The lowest BCUT2D eigenvalue weighted by atomic mass is 10.0. The summed E-state index contributed by atoms with van der Waals surface area (Å²) < 4.78 is 1.82. The molecule has 0 bridgehead atoms. The second-order valence-corrected chi connectivity index (χ2v) is 10.2. The molecule has 0 saturated carbocycles. The van der Waals surface area contributed by atoms with Crippen molar-refractivity contribution in [3.05, 3.63) is 145 Å². The fraction of sp³-hybridized carbons (Fsp3) is 0.0270. The maximum Gasteiger partial charge on any atom is 0.182 e. The van der Waals surface area contributed by atoms with Crippen LogP contribution < -0.4 is 0 Å². The van der Waals surface area contributed by atoms with Crippen molar-refractivity contribution in [3.63, 3.8) is 0 Å². The van der Waals surface area contributed by atoms with E-state index in [-0.39, 0.29) is 0 Å². The molecule has 7 aromatic rings. The first-order chi connectivity index (χ1) is 20.6. The van der Waals surface area contributed by atoms with Gasteiger partial charge in [-0.15, -0.1) is 5.10 Å². The normalized spacial score (nSPS) is 11.1. The standard InChI is InChI=1S/C37H27N5/c1-3-26-22-35-40-37(41-42(35)24-25(26)2)32-16-10-15-31(21-32)34-23-33(38-36(39-34)30-13-8-5-9-14-30)29-19-17-28(18-20-29)27-11-6-4-7-12-27/h3-24H,1H2,2H3. The van der Waals surface area contributed by atoms with Crippen molar-refractivity contribution < 1.29 is 0 Å². The SMILES string of the molecule is C=Cc1cc2nc(-c3cccc(-c4cc(-c5ccc(-c6ccccc6)cc5)nc(-c5ccccc5)n4)c3)nn2cc1C. The Kier molecular flexibility index (Phi) is 6.45. The quantitative estimate of drug-likeness (QED) is 0.211. The molecule has 0 aliphatic rings. The van der Waals surface area contributed by atoms with Crippen LogP contribution >= 0.6 is 0 Å². The predicted molar refractivity (Wildman–Crippen MR) is 171 cm³/mol. The number of aromatic nitrogens is 5. The van der Waals surface area contributed by atoms with Gasteiger partial charge in [-0.1, -0.05) is 116 Å². The van der Waals surface area contributed by atoms with Crippen LogP contribution in [0.15, 0.2) is 134 Å². The lowest BCUT2D eigenvalue weighted by Crippen LogP contribution is -1.96. The second kappa shape index (κ2) is 10.7. The van der Waals surface area contributed by atoms with E-state index in [1.54, 1.807) is 0 Å². The van der Waals surface area contributed by atoms with E-state index in [4.69, 9.17) is 20.1 Å². The van der Waals surface area contributed by atoms with Gasteiger partial charge in [-0.25, -0.2) is 19.5 Å². The Balaban J connectivity index is 1.31. The van der Waals surface area contributed by atoms with Crippen molar-refractivity contribution in [2.75, 3.05) is 0 Å². The molecule has 3 aromatic heterocycles. The van der Waals surface area contributed by atoms with Gasteiger partial charge in [0.05, 0.1) is 11.4 Å². The van der Waals surface area contributed by atoms with Crippen LogP contribution in [0.1, 0.15) is 11.1 Å². The van der Waals surface area contributed by atoms with E-state index < -0.39 is 0 Å². The van der Waals surface area contributed by atoms with Crippen LogP contribution in [0.25, 0.3) is 68.1 Å². The second-order valence-electron chi connectivity index (χ2n) is 10.2. The molecule has 0 aliphatic heterocycles. The summed E-state index contributed by atoms with van der Waals surface area (Å²) in [5, 5.41) is 4.76. The van der Waals surface area contributed by atoms with E-state index in [0.717, 1.165) is 50.4 Å². The summed E-state index contributed by atoms with van der Waals surface area (Å²) in [7, 11) is 0. The van der Waals surface area contributed by atoms with Gasteiger partial charge in [0.25, 0.3) is 0 Å². The van der Waals surface area contributed by atoms with E-state index in [9.17, 15) is 0 Å². The van der Waals surface area contributed by atoms with Crippen LogP contribution in [0.5, 0.6) is 0 Å². The first-order valence-corrected chi connectivity index (χ1v) is 13.9. The van der Waals surface area contributed by atoms with Crippen molar-refractivity contribution >= 4 is 11.7 Å². The molecule has 0 saturated heterocycles. The summed E-state index contributed by atoms with van der Waals surface area (Å²) in [6.07, 6.45) is 3.83. The molecule has 7 rings (SSSR count). The first kappa shape index (κ1) is 25.3. The summed E-state index contributed by atoms with van der Waals surface area (Å²) in [5.74, 6) is 1.34. The molecule has 3 heterocycles. The highest BCUT2D eigenvalue weighted by Gasteiger charge is 2.14. The van der Waals surface area contributed by atoms with Crippen LogP contribution in [-0.4, -0.2) is 24.6 Å². The molecule has 0 atom stereocenters. The van der Waals surface area contributed by atoms with Gasteiger partial charge >= 0.3 is 0 Å². The van der Waals surface area contributed by atoms with E-state index >= 15 is 0 Å². The number of pyridine rings is 1. The number of nitrogens with zero attached hydrogens (tertiary/aromatic N) is 5. The summed E-state index contributed by atoms with van der Waals surface area (Å²) in [6.45, 7) is 5.96. The summed E-state index contributed by atoms with van der Waals surface area (Å²) in [6, 6.07) is 41.3. The molecule has 0 radical (unpaired) electrons. The van der Waals surface area contributed by atoms with E-state index in [1.807, 2.05) is 78.3 Å². The van der Waals surface area contributed by atoms with E-state index in [2.05, 4.69) is 73.3 Å². The molecular weight excluding hydrogens is 514 g/mol. The van der Waals surface area contributed by atoms with Crippen molar-refractivity contribution in [3.8, 4) is 56.4 Å². The molecule has 0 aliphatic carbocycles. The van der Waals surface area contributed by atoms with Crippen molar-refractivity contribution in [1.29, 1.82) is 0 Å². The van der Waals surface area contributed by atoms with Gasteiger partial charge in [-0.3, -0.25) is 0 Å². The minimum Gasteiger partial charge on any atom is -0.228 e. The number of aryl methyl sites for hydroxylation is 1. The van der Waals surface area contributed by atoms with Crippen molar-refractivity contribution in [2.24, 2.45) is 0 Å². The smallest absolute Gasteiger partial charge is 0.182 e. The molecule has 0 unspecified atom stereocenters. The van der Waals surface area contributed by atoms with Gasteiger partial charge < -0.3 is 0 Å². The van der Waals surface area contributed by atoms with Crippen LogP contribution in [0.2, 0.25) is 0 Å². The Labute approximate surface area is 244 Å². The average Bonchev–Trinajstić information content (AvgIpc) is 3.48. The van der Waals surface area contributed by atoms with Crippen molar-refractivity contribution in [1.82, 2.24) is 24.6 Å². The highest BCUT2D eigenvalue weighted by molar-refractivity contribution is 5.76. The third-order valence-electron chi connectivity index (χ3n) is 7.40. The minimum atomic E-state index is 0.659. The Hall–Kier alpha value is -5.68. The molecule has 4 aromatic carbocycles. The fourth-order valence-corrected chi connectivity index (χ4v) is 5.12. The lowest BCUT2D eigenvalue weighted by Gasteiger charge is -2.10. The maximum atomic E-state index is 5.01. The van der Waals surface area contributed by atoms with Gasteiger partial charge in [-0.05, 0) is 47.4 Å². The highest BCUT2D eigenvalue weighted by atomic mass is 15.3. The third kappa shape index (κ3) is 4.88. The number of benzene rings is 4. The summed E-state index contributed by atoms with van der Waals surface area (Å²) in [4.78, 5) is 14.8. The predicted octanol–water partition coefficient (Wildman–Crippen LogP) is 8.81. The van der Waals surface area contributed by atoms with Gasteiger partial charge in [0.1, 0.15) is 0 Å². The Bertz CT molecular complexity index is 2040. The number of hydrogen-bond acceptors (Lipinski definition) is 4. The van der Waals surface area contributed by atoms with Gasteiger partial charge in [0.2, 0.25) is 0 Å². The van der Waals surface area contributed by atoms with Crippen LogP contribution in [-0.2, 0) is 0 Å². The van der Waals surface area contributed by atoms with Gasteiger partial charge in [0.15, 0.2) is 17.3 Å². The van der Waals surface area contributed by atoms with Crippen LogP contribution in [0.3, 0.4) is 0 Å². The molecule has 0 spiro atoms. The molecule has 5 nitrogen and oxygen atoms in total. The highest BCUT2D eigenvalue weighted by Crippen LogP contribution is 2.31. The fourth-order valence-electron chi connectivity index (χ4n) is 5.12. The van der Waals surface area contributed by atoms with Gasteiger partial charge in [0, 0.05) is 28.5 Å². The summed E-state index contributed by atoms with van der Waals surface area (Å²) >= 11 is 0. The van der Waals surface area contributed by atoms with E-state index in [0.29, 0.717) is 11.6 Å². The molecule has 0 fully saturated rings. The van der Waals surface area contributed by atoms with Crippen LogP contribution in [0.4, 0.5) is 0 Å². The van der Waals surface area contributed by atoms with Gasteiger partial charge in [-0.2, -0.15) is 0 Å². The van der Waals surface area contributed by atoms with E-state index in [1.165, 1.54) is 11.1 Å². The molecule has 0 N–H and O–H groups in total. The molecule has 200 valence electrons. The topological polar surface area (TPSA) is 56.0 Å². The zero-order valence-electron chi connectivity index (χ0n) is 23.1. The molecule has 5 heteroatoms. The average molecular weight is 542 g/mol. The third-order valence-corrected chi connectivity index (χ3v) is 7.40. The van der Waals surface area contributed by atoms with Crippen molar-refractivity contribution in [2.45, 2.75) is 6.92 Å². The molecule has 42 heavy (non-hydrogen) atoms. The molecule has 0 amide bonds. The summed E-state index contributed by atoms with van der Waals surface area (Å²) in [5.41, 5.74) is 10.9. The monoisotopic (exact) mass is 541 g/mol. The zero-order valence-corrected chi connectivity index (χ0v) is 23.1. The largest absolute Gasteiger partial charge is 0.228 e.